The number of rotatable bonds is 7. The summed E-state index contributed by atoms with van der Waals surface area (Å²) in [6.45, 7) is 4.98. The first-order valence-corrected chi connectivity index (χ1v) is 6.46. The second kappa shape index (κ2) is 5.65. The first-order valence-electron chi connectivity index (χ1n) is 4.57. The molecule has 0 atom stereocenters. The summed E-state index contributed by atoms with van der Waals surface area (Å²) in [7, 11) is -3.16. The van der Waals surface area contributed by atoms with Crippen molar-refractivity contribution < 1.29 is 13.5 Å². The van der Waals surface area contributed by atoms with Crippen LogP contribution in [0.3, 0.4) is 0 Å². The van der Waals surface area contributed by atoms with Gasteiger partial charge in [0.25, 0.3) is 0 Å². The van der Waals surface area contributed by atoms with Crippen molar-refractivity contribution in [1.29, 1.82) is 0 Å². The molecular weight excluding hydrogens is 204 g/mol. The Kier molecular flexibility index (Phi) is 5.58. The predicted molar refractivity (Wildman–Crippen MR) is 56.6 cm³/mol. The fourth-order valence-corrected chi connectivity index (χ4v) is 2.22. The van der Waals surface area contributed by atoms with Gasteiger partial charge in [-0.1, -0.05) is 0 Å². The Bertz CT molecular complexity index is 249. The zero-order valence-corrected chi connectivity index (χ0v) is 9.82. The molecule has 0 aliphatic heterocycles. The van der Waals surface area contributed by atoms with E-state index in [4.69, 9.17) is 5.11 Å². The molecule has 0 rings (SSSR count). The molecule has 0 saturated carbocycles. The summed E-state index contributed by atoms with van der Waals surface area (Å²) in [4.78, 5) is 0. The summed E-state index contributed by atoms with van der Waals surface area (Å²) < 4.78 is 24.4. The Morgan fingerprint density at radius 2 is 1.93 bits per heavy atom. The third kappa shape index (κ3) is 8.43. The zero-order valence-electron chi connectivity index (χ0n) is 9.00. The molecule has 0 aliphatic rings. The van der Waals surface area contributed by atoms with E-state index in [1.54, 1.807) is 13.8 Å². The van der Waals surface area contributed by atoms with Crippen LogP contribution in [0.1, 0.15) is 20.3 Å². The van der Waals surface area contributed by atoms with Crippen molar-refractivity contribution >= 4 is 10.0 Å². The summed E-state index contributed by atoms with van der Waals surface area (Å²) >= 11 is 0. The summed E-state index contributed by atoms with van der Waals surface area (Å²) in [5.74, 6) is 0. The van der Waals surface area contributed by atoms with E-state index in [2.05, 4.69) is 10.0 Å². The van der Waals surface area contributed by atoms with Gasteiger partial charge in [-0.3, -0.25) is 0 Å². The number of aliphatic hydroxyl groups excluding tert-OH is 1. The highest BCUT2D eigenvalue weighted by Gasteiger charge is 2.20. The SMILES string of the molecule is CC(C)(CNCCCO)NS(C)(=O)=O. The Hall–Kier alpha value is -0.170. The predicted octanol–water partition coefficient (Wildman–Crippen LogP) is -0.714. The molecule has 0 unspecified atom stereocenters. The molecule has 0 aromatic carbocycles. The van der Waals surface area contributed by atoms with Gasteiger partial charge in [0.05, 0.1) is 6.26 Å². The maximum Gasteiger partial charge on any atom is 0.209 e. The number of hydrogen-bond acceptors (Lipinski definition) is 4. The van der Waals surface area contributed by atoms with Crippen LogP contribution in [0.15, 0.2) is 0 Å². The molecule has 0 radical (unpaired) electrons. The van der Waals surface area contributed by atoms with Crippen molar-refractivity contribution in [3.05, 3.63) is 0 Å². The quantitative estimate of drug-likeness (QED) is 0.499. The highest BCUT2D eigenvalue weighted by atomic mass is 32.2. The minimum Gasteiger partial charge on any atom is -0.396 e. The Balaban J connectivity index is 3.84. The largest absolute Gasteiger partial charge is 0.396 e. The van der Waals surface area contributed by atoms with Gasteiger partial charge in [0.1, 0.15) is 0 Å². The van der Waals surface area contributed by atoms with Crippen LogP contribution in [0.5, 0.6) is 0 Å². The Morgan fingerprint density at radius 1 is 1.36 bits per heavy atom. The first-order chi connectivity index (χ1) is 6.27. The lowest BCUT2D eigenvalue weighted by atomic mass is 10.1. The molecule has 14 heavy (non-hydrogen) atoms. The normalized spacial score (nSPS) is 13.1. The minimum absolute atomic E-state index is 0.146. The number of nitrogens with one attached hydrogen (secondary N) is 2. The molecular formula is C8H20N2O3S. The molecule has 0 aromatic heterocycles. The lowest BCUT2D eigenvalue weighted by Crippen LogP contribution is -2.50. The molecule has 5 nitrogen and oxygen atoms in total. The van der Waals surface area contributed by atoms with Crippen LogP contribution in [0.25, 0.3) is 0 Å². The van der Waals surface area contributed by atoms with Gasteiger partial charge in [-0.05, 0) is 26.8 Å². The molecule has 0 aliphatic carbocycles. The molecule has 3 N–H and O–H groups in total. The first kappa shape index (κ1) is 13.8. The van der Waals surface area contributed by atoms with Gasteiger partial charge in [0.15, 0.2) is 0 Å². The van der Waals surface area contributed by atoms with Crippen LogP contribution in [0.4, 0.5) is 0 Å². The second-order valence-electron chi connectivity index (χ2n) is 4.01. The van der Waals surface area contributed by atoms with Crippen LogP contribution in [-0.4, -0.2) is 45.0 Å². The van der Waals surface area contributed by atoms with Crippen molar-refractivity contribution in [2.45, 2.75) is 25.8 Å². The molecule has 86 valence electrons. The highest BCUT2D eigenvalue weighted by molar-refractivity contribution is 7.88. The summed E-state index contributed by atoms with van der Waals surface area (Å²) in [5.41, 5.74) is -0.497. The standard InChI is InChI=1S/C8H20N2O3S/c1-8(2,10-14(3,12)13)7-9-5-4-6-11/h9-11H,4-7H2,1-3H3. The summed E-state index contributed by atoms with van der Waals surface area (Å²) in [6.07, 6.45) is 1.82. The van der Waals surface area contributed by atoms with E-state index in [1.807, 2.05) is 0 Å². The van der Waals surface area contributed by atoms with Crippen LogP contribution in [0, 0.1) is 0 Å². The van der Waals surface area contributed by atoms with Crippen LogP contribution >= 0.6 is 0 Å². The Labute approximate surface area is 85.9 Å². The number of hydrogen-bond donors (Lipinski definition) is 3. The van der Waals surface area contributed by atoms with Crippen molar-refractivity contribution in [3.8, 4) is 0 Å². The molecule has 0 aromatic rings. The number of sulfonamides is 1. The molecule has 6 heteroatoms. The fraction of sp³-hybridized carbons (Fsp3) is 1.00. The highest BCUT2D eigenvalue weighted by Crippen LogP contribution is 2.01. The maximum absolute atomic E-state index is 11.0. The van der Waals surface area contributed by atoms with E-state index in [0.29, 0.717) is 19.5 Å². The smallest absolute Gasteiger partial charge is 0.209 e. The fourth-order valence-electron chi connectivity index (χ4n) is 1.14. The lowest BCUT2D eigenvalue weighted by molar-refractivity contribution is 0.283. The monoisotopic (exact) mass is 224 g/mol. The molecule has 0 spiro atoms. The van der Waals surface area contributed by atoms with Gasteiger partial charge in [0.2, 0.25) is 10.0 Å². The molecule has 0 saturated heterocycles. The molecule has 0 bridgehead atoms. The zero-order chi connectivity index (χ0) is 11.2. The van der Waals surface area contributed by atoms with Gasteiger partial charge in [-0.15, -0.1) is 0 Å². The molecule has 0 amide bonds. The summed E-state index contributed by atoms with van der Waals surface area (Å²) in [5, 5.41) is 11.6. The second-order valence-corrected chi connectivity index (χ2v) is 5.76. The van der Waals surface area contributed by atoms with Gasteiger partial charge in [0, 0.05) is 18.7 Å². The van der Waals surface area contributed by atoms with Crippen LogP contribution in [0.2, 0.25) is 0 Å². The van der Waals surface area contributed by atoms with Crippen molar-refractivity contribution in [2.24, 2.45) is 0 Å². The summed E-state index contributed by atoms with van der Waals surface area (Å²) in [6, 6.07) is 0. The van der Waals surface area contributed by atoms with E-state index in [-0.39, 0.29) is 6.61 Å². The van der Waals surface area contributed by atoms with Gasteiger partial charge in [-0.2, -0.15) is 0 Å². The Morgan fingerprint density at radius 3 is 2.36 bits per heavy atom. The minimum atomic E-state index is -3.16. The van der Waals surface area contributed by atoms with E-state index in [9.17, 15) is 8.42 Å². The molecule has 0 heterocycles. The average Bonchev–Trinajstić information content (AvgIpc) is 1.93. The van der Waals surface area contributed by atoms with Gasteiger partial charge < -0.3 is 10.4 Å². The van der Waals surface area contributed by atoms with Crippen LogP contribution in [-0.2, 0) is 10.0 Å². The average molecular weight is 224 g/mol. The lowest BCUT2D eigenvalue weighted by Gasteiger charge is -2.25. The maximum atomic E-state index is 11.0. The van der Waals surface area contributed by atoms with Gasteiger partial charge >= 0.3 is 0 Å². The van der Waals surface area contributed by atoms with E-state index in [0.717, 1.165) is 6.26 Å². The van der Waals surface area contributed by atoms with Gasteiger partial charge in [-0.25, -0.2) is 13.1 Å². The van der Waals surface area contributed by atoms with Crippen LogP contribution < -0.4 is 10.0 Å². The third-order valence-corrected chi connectivity index (χ3v) is 2.46. The van der Waals surface area contributed by atoms with E-state index >= 15 is 0 Å². The third-order valence-electron chi connectivity index (χ3n) is 1.54. The van der Waals surface area contributed by atoms with Crippen molar-refractivity contribution in [2.75, 3.05) is 26.0 Å². The van der Waals surface area contributed by atoms with Crippen molar-refractivity contribution in [3.63, 3.8) is 0 Å². The van der Waals surface area contributed by atoms with E-state index < -0.39 is 15.6 Å². The topological polar surface area (TPSA) is 78.4 Å². The molecule has 0 fully saturated rings. The van der Waals surface area contributed by atoms with E-state index in [1.165, 1.54) is 0 Å². The van der Waals surface area contributed by atoms with Crippen molar-refractivity contribution in [1.82, 2.24) is 10.0 Å². The number of aliphatic hydroxyl groups is 1.